The van der Waals surface area contributed by atoms with Crippen LogP contribution in [0.5, 0.6) is 0 Å². The van der Waals surface area contributed by atoms with Crippen LogP contribution >= 0.6 is 0 Å². The fourth-order valence-electron chi connectivity index (χ4n) is 6.47. The Morgan fingerprint density at radius 1 is 0.857 bits per heavy atom. The summed E-state index contributed by atoms with van der Waals surface area (Å²) in [5.41, 5.74) is 0. The van der Waals surface area contributed by atoms with E-state index in [-0.39, 0.29) is 38.2 Å². The third-order valence-electron chi connectivity index (χ3n) is 8.26. The molecule has 3 aliphatic carbocycles. The molecular formula is C24H40F3Re-. The van der Waals surface area contributed by atoms with Gasteiger partial charge in [0.1, 0.15) is 18.5 Å². The van der Waals surface area contributed by atoms with Gasteiger partial charge in [-0.05, 0) is 67.6 Å². The molecule has 0 aromatic rings. The molecule has 0 aromatic heterocycles. The number of hydrogen-bond donors (Lipinski definition) is 0. The normalized spacial score (nSPS) is 41.2. The van der Waals surface area contributed by atoms with Crippen LogP contribution in [0, 0.1) is 41.9 Å². The first-order valence-electron chi connectivity index (χ1n) is 11.8. The Morgan fingerprint density at radius 3 is 2.18 bits per heavy atom. The summed E-state index contributed by atoms with van der Waals surface area (Å²) < 4.78 is 45.0. The van der Waals surface area contributed by atoms with Crippen molar-refractivity contribution in [2.75, 3.05) is 0 Å². The molecule has 165 valence electrons. The minimum atomic E-state index is -1.46. The summed E-state index contributed by atoms with van der Waals surface area (Å²) in [7, 11) is 0. The Labute approximate surface area is 184 Å². The zero-order valence-corrected chi connectivity index (χ0v) is 20.5. The molecule has 0 saturated heterocycles. The van der Waals surface area contributed by atoms with Gasteiger partial charge in [0.2, 0.25) is 0 Å². The first-order valence-corrected chi connectivity index (χ1v) is 11.8. The quantitative estimate of drug-likeness (QED) is 0.287. The van der Waals surface area contributed by atoms with Crippen LogP contribution in [0.15, 0.2) is 0 Å². The van der Waals surface area contributed by atoms with Gasteiger partial charge in [-0.3, -0.25) is 0 Å². The SMILES string of the molecule is CCCCC(C)C1CCC(C2CCC(C3CC[CH-]CC3)CC2F)C(F)C1F.[Re]. The van der Waals surface area contributed by atoms with Crippen molar-refractivity contribution >= 4 is 0 Å². The molecule has 0 heterocycles. The van der Waals surface area contributed by atoms with Gasteiger partial charge in [0, 0.05) is 20.4 Å². The zero-order chi connectivity index (χ0) is 19.4. The average molecular weight is 572 g/mol. The third kappa shape index (κ3) is 5.78. The van der Waals surface area contributed by atoms with E-state index in [0.717, 1.165) is 51.4 Å². The summed E-state index contributed by atoms with van der Waals surface area (Å²) in [6, 6.07) is 0. The molecule has 8 unspecified atom stereocenters. The molecule has 3 saturated carbocycles. The number of hydrogen-bond acceptors (Lipinski definition) is 0. The first-order chi connectivity index (χ1) is 13.0. The minimum Gasteiger partial charge on any atom is -0.328 e. The molecule has 3 rings (SSSR count). The summed E-state index contributed by atoms with van der Waals surface area (Å²) >= 11 is 0. The monoisotopic (exact) mass is 572 g/mol. The van der Waals surface area contributed by atoms with E-state index >= 15 is 8.78 Å². The van der Waals surface area contributed by atoms with Crippen molar-refractivity contribution in [3.05, 3.63) is 6.42 Å². The maximum absolute atomic E-state index is 15.1. The minimum absolute atomic E-state index is 0. The second-order valence-corrected chi connectivity index (χ2v) is 9.87. The second-order valence-electron chi connectivity index (χ2n) is 9.87. The van der Waals surface area contributed by atoms with Crippen LogP contribution in [0.25, 0.3) is 0 Å². The topological polar surface area (TPSA) is 0 Å². The smallest absolute Gasteiger partial charge is 0.135 e. The van der Waals surface area contributed by atoms with E-state index in [1.807, 2.05) is 0 Å². The van der Waals surface area contributed by atoms with Gasteiger partial charge < -0.3 is 6.42 Å². The molecule has 1 radical (unpaired) electrons. The van der Waals surface area contributed by atoms with Crippen molar-refractivity contribution in [3.63, 3.8) is 0 Å². The molecule has 0 N–H and O–H groups in total. The van der Waals surface area contributed by atoms with E-state index in [2.05, 4.69) is 20.3 Å². The van der Waals surface area contributed by atoms with Crippen LogP contribution in [-0.2, 0) is 20.4 Å². The van der Waals surface area contributed by atoms with Crippen molar-refractivity contribution in [3.8, 4) is 0 Å². The summed E-state index contributed by atoms with van der Waals surface area (Å²) in [4.78, 5) is 0. The number of unbranched alkanes of at least 4 members (excludes halogenated alkanes) is 1. The van der Waals surface area contributed by atoms with E-state index < -0.39 is 24.4 Å². The summed E-state index contributed by atoms with van der Waals surface area (Å²) in [6.45, 7) is 4.21. The predicted molar refractivity (Wildman–Crippen MR) is 107 cm³/mol. The molecular weight excluding hydrogens is 531 g/mol. The average Bonchev–Trinajstić information content (AvgIpc) is 2.69. The number of alkyl halides is 3. The summed E-state index contributed by atoms with van der Waals surface area (Å²) in [5, 5.41) is 0. The van der Waals surface area contributed by atoms with E-state index in [1.165, 1.54) is 12.8 Å². The van der Waals surface area contributed by atoms with Crippen molar-refractivity contribution < 1.29 is 33.6 Å². The van der Waals surface area contributed by atoms with Crippen LogP contribution in [0.2, 0.25) is 0 Å². The summed E-state index contributed by atoms with van der Waals surface area (Å²) in [5.74, 6) is 0.533. The van der Waals surface area contributed by atoms with Gasteiger partial charge in [-0.25, -0.2) is 13.2 Å². The molecule has 0 nitrogen and oxygen atoms in total. The zero-order valence-electron chi connectivity index (χ0n) is 17.8. The fraction of sp³-hybridized carbons (Fsp3) is 0.958. The largest absolute Gasteiger partial charge is 0.328 e. The Hall–Kier alpha value is 0.452. The van der Waals surface area contributed by atoms with Gasteiger partial charge in [0.15, 0.2) is 0 Å². The van der Waals surface area contributed by atoms with E-state index in [4.69, 9.17) is 0 Å². The van der Waals surface area contributed by atoms with Gasteiger partial charge in [0.25, 0.3) is 0 Å². The molecule has 0 aromatic carbocycles. The summed E-state index contributed by atoms with van der Waals surface area (Å²) in [6.07, 6.45) is 10.2. The maximum atomic E-state index is 15.1. The van der Waals surface area contributed by atoms with Gasteiger partial charge in [-0.2, -0.15) is 12.8 Å². The van der Waals surface area contributed by atoms with Crippen LogP contribution in [-0.4, -0.2) is 18.5 Å². The van der Waals surface area contributed by atoms with Gasteiger partial charge in [0.05, 0.1) is 0 Å². The van der Waals surface area contributed by atoms with Crippen molar-refractivity contribution in [1.82, 2.24) is 0 Å². The van der Waals surface area contributed by atoms with Crippen molar-refractivity contribution in [2.45, 2.75) is 109 Å². The molecule has 8 atom stereocenters. The molecule has 0 spiro atoms. The van der Waals surface area contributed by atoms with Crippen LogP contribution in [0.1, 0.15) is 90.9 Å². The van der Waals surface area contributed by atoms with E-state index in [1.54, 1.807) is 0 Å². The van der Waals surface area contributed by atoms with Gasteiger partial charge in [-0.1, -0.05) is 46.0 Å². The molecule has 3 aliphatic rings. The molecule has 0 aliphatic heterocycles. The molecule has 3 fully saturated rings. The second kappa shape index (κ2) is 11.7. The fourth-order valence-corrected chi connectivity index (χ4v) is 6.47. The third-order valence-corrected chi connectivity index (χ3v) is 8.26. The standard InChI is InChI=1S/C24H40F3.Re/c1-3-4-8-16(2)19-13-14-21(24(27)23(19)26)20-12-11-18(15-22(20)25)17-9-6-5-7-10-17;/h5,16-24H,3-4,6-15H2,1-2H3;/q-1;. The van der Waals surface area contributed by atoms with E-state index in [0.29, 0.717) is 24.7 Å². The van der Waals surface area contributed by atoms with Crippen LogP contribution in [0.4, 0.5) is 13.2 Å². The number of rotatable bonds is 6. The predicted octanol–water partition coefficient (Wildman–Crippen LogP) is 7.66. The molecule has 28 heavy (non-hydrogen) atoms. The van der Waals surface area contributed by atoms with Gasteiger partial charge >= 0.3 is 0 Å². The van der Waals surface area contributed by atoms with Crippen LogP contribution in [0.3, 0.4) is 0 Å². The molecule has 0 amide bonds. The van der Waals surface area contributed by atoms with E-state index in [9.17, 15) is 4.39 Å². The Bertz CT molecular complexity index is 440. The maximum Gasteiger partial charge on any atom is 0.135 e. The molecule has 0 bridgehead atoms. The first kappa shape index (κ1) is 24.7. The Kier molecular flexibility index (Phi) is 10.4. The molecule has 4 heteroatoms. The van der Waals surface area contributed by atoms with Gasteiger partial charge in [-0.15, -0.1) is 0 Å². The van der Waals surface area contributed by atoms with Crippen LogP contribution < -0.4 is 0 Å². The Morgan fingerprint density at radius 2 is 1.54 bits per heavy atom. The Balaban J connectivity index is 0.00000280. The van der Waals surface area contributed by atoms with Crippen molar-refractivity contribution in [2.24, 2.45) is 35.5 Å². The van der Waals surface area contributed by atoms with Crippen molar-refractivity contribution in [1.29, 1.82) is 0 Å². The number of halogens is 3.